The minimum atomic E-state index is -1.60. The number of aromatic nitrogens is 3. The highest BCUT2D eigenvalue weighted by Crippen LogP contribution is 2.25. The molecule has 1 atom stereocenters. The zero-order valence-electron chi connectivity index (χ0n) is 16.7. The number of hydrogen-bond acceptors (Lipinski definition) is 5. The smallest absolute Gasteiger partial charge is 0.267 e. The fourth-order valence-electron chi connectivity index (χ4n) is 3.44. The van der Waals surface area contributed by atoms with Gasteiger partial charge in [0.15, 0.2) is 0 Å². The highest BCUT2D eigenvalue weighted by Gasteiger charge is 2.42. The Morgan fingerprint density at radius 2 is 2.03 bits per heavy atom. The van der Waals surface area contributed by atoms with Crippen LogP contribution in [0.5, 0.6) is 0 Å². The van der Waals surface area contributed by atoms with Gasteiger partial charge in [0, 0.05) is 31.1 Å². The van der Waals surface area contributed by atoms with Crippen LogP contribution >= 0.6 is 0 Å². The standard InChI is InChI=1S/C23H22N4O2/c1-15(2)20-21-19(24-14-25-20)8-7-18(26-21)17-6-4-5-16(13-17)9-10-23(29)11-12-27(3)22(23)28/h4-8,13-15,29H,11-12H2,1-3H3/t23-/m0/s1. The molecule has 1 aliphatic heterocycles. The van der Waals surface area contributed by atoms with E-state index in [1.54, 1.807) is 13.4 Å². The molecule has 0 unspecified atom stereocenters. The Labute approximate surface area is 169 Å². The van der Waals surface area contributed by atoms with E-state index < -0.39 is 5.60 Å². The van der Waals surface area contributed by atoms with E-state index >= 15 is 0 Å². The first-order valence-electron chi connectivity index (χ1n) is 9.60. The molecule has 2 aromatic heterocycles. The van der Waals surface area contributed by atoms with Gasteiger partial charge in [0.1, 0.15) is 11.8 Å². The Kier molecular flexibility index (Phi) is 4.77. The Hall–Kier alpha value is -3.30. The lowest BCUT2D eigenvalue weighted by atomic mass is 10.0. The van der Waals surface area contributed by atoms with E-state index in [0.717, 1.165) is 28.0 Å². The van der Waals surface area contributed by atoms with Crippen LogP contribution in [-0.2, 0) is 4.79 Å². The maximum atomic E-state index is 12.1. The Morgan fingerprint density at radius 3 is 2.76 bits per heavy atom. The summed E-state index contributed by atoms with van der Waals surface area (Å²) in [5.41, 5.74) is 3.34. The molecule has 6 nitrogen and oxygen atoms in total. The van der Waals surface area contributed by atoms with Gasteiger partial charge >= 0.3 is 0 Å². The molecule has 1 saturated heterocycles. The van der Waals surface area contributed by atoms with Crippen LogP contribution in [0.4, 0.5) is 0 Å². The van der Waals surface area contributed by atoms with E-state index in [-0.39, 0.29) is 11.8 Å². The molecule has 1 aromatic carbocycles. The van der Waals surface area contributed by atoms with Crippen molar-refractivity contribution in [3.05, 3.63) is 54.0 Å². The summed E-state index contributed by atoms with van der Waals surface area (Å²) in [7, 11) is 1.67. The fourth-order valence-corrected chi connectivity index (χ4v) is 3.44. The highest BCUT2D eigenvalue weighted by molar-refractivity contribution is 5.90. The average Bonchev–Trinajstić information content (AvgIpc) is 2.99. The minimum Gasteiger partial charge on any atom is -0.369 e. The molecular weight excluding hydrogens is 364 g/mol. The molecule has 1 aliphatic rings. The van der Waals surface area contributed by atoms with Gasteiger partial charge in [-0.05, 0) is 30.2 Å². The third-order valence-corrected chi connectivity index (χ3v) is 5.14. The van der Waals surface area contributed by atoms with Crippen molar-refractivity contribution < 1.29 is 9.90 Å². The number of carbonyl (C=O) groups excluding carboxylic acids is 1. The Bertz CT molecular complexity index is 1160. The van der Waals surface area contributed by atoms with Crippen molar-refractivity contribution in [2.24, 2.45) is 0 Å². The van der Waals surface area contributed by atoms with Gasteiger partial charge in [0.2, 0.25) is 5.60 Å². The minimum absolute atomic E-state index is 0.239. The summed E-state index contributed by atoms with van der Waals surface area (Å²) < 4.78 is 0. The van der Waals surface area contributed by atoms with Crippen molar-refractivity contribution in [1.29, 1.82) is 0 Å². The van der Waals surface area contributed by atoms with Gasteiger partial charge in [-0.25, -0.2) is 15.0 Å². The summed E-state index contributed by atoms with van der Waals surface area (Å²) in [6.45, 7) is 4.67. The van der Waals surface area contributed by atoms with Crippen LogP contribution in [0.3, 0.4) is 0 Å². The van der Waals surface area contributed by atoms with Crippen molar-refractivity contribution in [3.8, 4) is 23.1 Å². The van der Waals surface area contributed by atoms with Gasteiger partial charge < -0.3 is 10.0 Å². The summed E-state index contributed by atoms with van der Waals surface area (Å²) >= 11 is 0. The third-order valence-electron chi connectivity index (χ3n) is 5.14. The van der Waals surface area contributed by atoms with Crippen molar-refractivity contribution >= 4 is 16.9 Å². The molecule has 0 aliphatic carbocycles. The molecule has 0 saturated carbocycles. The van der Waals surface area contributed by atoms with E-state index in [1.165, 1.54) is 4.90 Å². The molecule has 29 heavy (non-hydrogen) atoms. The molecule has 146 valence electrons. The van der Waals surface area contributed by atoms with E-state index in [0.29, 0.717) is 18.5 Å². The van der Waals surface area contributed by atoms with E-state index in [2.05, 4.69) is 35.7 Å². The largest absolute Gasteiger partial charge is 0.369 e. The van der Waals surface area contributed by atoms with E-state index in [9.17, 15) is 9.90 Å². The quantitative estimate of drug-likeness (QED) is 0.685. The number of aliphatic hydroxyl groups is 1. The molecule has 4 rings (SSSR count). The van der Waals surface area contributed by atoms with Crippen molar-refractivity contribution in [3.63, 3.8) is 0 Å². The summed E-state index contributed by atoms with van der Waals surface area (Å²) in [4.78, 5) is 27.1. The number of benzene rings is 1. The molecule has 1 N–H and O–H groups in total. The van der Waals surface area contributed by atoms with Gasteiger partial charge in [-0.2, -0.15) is 0 Å². The number of hydrogen-bond donors (Lipinski definition) is 1. The van der Waals surface area contributed by atoms with Crippen LogP contribution in [-0.4, -0.2) is 50.1 Å². The lowest BCUT2D eigenvalue weighted by molar-refractivity contribution is -0.137. The second kappa shape index (κ2) is 7.26. The maximum absolute atomic E-state index is 12.1. The van der Waals surface area contributed by atoms with Crippen LogP contribution in [0.1, 0.15) is 37.4 Å². The predicted molar refractivity (Wildman–Crippen MR) is 111 cm³/mol. The first-order valence-corrected chi connectivity index (χ1v) is 9.60. The van der Waals surface area contributed by atoms with Crippen LogP contribution in [0.2, 0.25) is 0 Å². The molecule has 0 spiro atoms. The zero-order valence-corrected chi connectivity index (χ0v) is 16.7. The first kappa shape index (κ1) is 19.0. The molecule has 1 fully saturated rings. The zero-order chi connectivity index (χ0) is 20.6. The van der Waals surface area contributed by atoms with Gasteiger partial charge in [0.05, 0.1) is 16.9 Å². The molecule has 3 aromatic rings. The SMILES string of the molecule is CC(C)c1ncnc2ccc(-c3cccc(C#C[C@]4(O)CCN(C)C4=O)c3)nc12. The number of likely N-dealkylation sites (tertiary alicyclic amines) is 1. The molecule has 1 amide bonds. The van der Waals surface area contributed by atoms with Gasteiger partial charge in [-0.1, -0.05) is 37.8 Å². The number of fused-ring (bicyclic) bond motifs is 1. The van der Waals surface area contributed by atoms with Gasteiger partial charge in [-0.3, -0.25) is 4.79 Å². The molecule has 0 bridgehead atoms. The number of likely N-dealkylation sites (N-methyl/N-ethyl adjacent to an activating group) is 1. The monoisotopic (exact) mass is 386 g/mol. The number of carbonyl (C=O) groups is 1. The molecule has 0 radical (unpaired) electrons. The summed E-state index contributed by atoms with van der Waals surface area (Å²) in [5, 5.41) is 10.5. The van der Waals surface area contributed by atoms with Crippen LogP contribution in [0, 0.1) is 11.8 Å². The predicted octanol–water partition coefficient (Wildman–Crippen LogP) is 2.76. The maximum Gasteiger partial charge on any atom is 0.267 e. The normalized spacial score (nSPS) is 18.9. The fraction of sp³-hybridized carbons (Fsp3) is 0.304. The summed E-state index contributed by atoms with van der Waals surface area (Å²) in [5.74, 6) is 5.61. The van der Waals surface area contributed by atoms with Crippen molar-refractivity contribution in [2.45, 2.75) is 31.8 Å². The second-order valence-electron chi connectivity index (χ2n) is 7.65. The van der Waals surface area contributed by atoms with Crippen LogP contribution < -0.4 is 0 Å². The summed E-state index contributed by atoms with van der Waals surface area (Å²) in [6.07, 6.45) is 1.89. The molecular formula is C23H22N4O2. The van der Waals surface area contributed by atoms with E-state index in [1.807, 2.05) is 36.4 Å². The topological polar surface area (TPSA) is 79.2 Å². The second-order valence-corrected chi connectivity index (χ2v) is 7.65. The lowest BCUT2D eigenvalue weighted by Gasteiger charge is -2.13. The molecule has 3 heterocycles. The van der Waals surface area contributed by atoms with Crippen LogP contribution in [0.25, 0.3) is 22.3 Å². The number of amides is 1. The summed E-state index contributed by atoms with van der Waals surface area (Å²) in [6, 6.07) is 11.5. The number of pyridine rings is 1. The highest BCUT2D eigenvalue weighted by atomic mass is 16.3. The number of rotatable bonds is 2. The Morgan fingerprint density at radius 1 is 1.21 bits per heavy atom. The number of nitrogens with zero attached hydrogens (tertiary/aromatic N) is 4. The average molecular weight is 386 g/mol. The molecule has 6 heteroatoms. The van der Waals surface area contributed by atoms with Gasteiger partial charge in [-0.15, -0.1) is 0 Å². The van der Waals surface area contributed by atoms with Crippen LogP contribution in [0.15, 0.2) is 42.7 Å². The van der Waals surface area contributed by atoms with Gasteiger partial charge in [0.25, 0.3) is 5.91 Å². The first-order chi connectivity index (χ1) is 13.9. The third kappa shape index (κ3) is 3.57. The van der Waals surface area contributed by atoms with Crippen molar-refractivity contribution in [1.82, 2.24) is 19.9 Å². The Balaban J connectivity index is 1.71. The van der Waals surface area contributed by atoms with Crippen molar-refractivity contribution in [2.75, 3.05) is 13.6 Å². The van der Waals surface area contributed by atoms with E-state index in [4.69, 9.17) is 4.98 Å². The lowest BCUT2D eigenvalue weighted by Crippen LogP contribution is -2.37.